The van der Waals surface area contributed by atoms with E-state index in [1.54, 1.807) is 23.9 Å². The number of rotatable bonds is 2. The third-order valence-corrected chi connectivity index (χ3v) is 6.02. The van der Waals surface area contributed by atoms with Crippen LogP contribution in [0, 0.1) is 0 Å². The lowest BCUT2D eigenvalue weighted by Crippen LogP contribution is -2.54. The van der Waals surface area contributed by atoms with Gasteiger partial charge in [-0.05, 0) is 35.0 Å². The highest BCUT2D eigenvalue weighted by Crippen LogP contribution is 2.28. The van der Waals surface area contributed by atoms with E-state index in [2.05, 4.69) is 4.98 Å². The molecule has 1 aliphatic rings. The predicted molar refractivity (Wildman–Crippen MR) is 124 cm³/mol. The summed E-state index contributed by atoms with van der Waals surface area (Å²) in [4.78, 5) is 39.5. The van der Waals surface area contributed by atoms with Crippen molar-refractivity contribution in [3.8, 4) is 0 Å². The first-order valence-electron chi connectivity index (χ1n) is 10.7. The lowest BCUT2D eigenvalue weighted by atomic mass is 10.0. The Morgan fingerprint density at radius 2 is 1.72 bits per heavy atom. The molecule has 0 bridgehead atoms. The summed E-state index contributed by atoms with van der Waals surface area (Å²) in [6.45, 7) is 1.30. The van der Waals surface area contributed by atoms with Crippen molar-refractivity contribution in [3.63, 3.8) is 0 Å². The van der Waals surface area contributed by atoms with E-state index in [0.717, 1.165) is 21.8 Å². The number of benzene rings is 3. The number of nitrogens with zero attached hydrogens (tertiary/aromatic N) is 4. The van der Waals surface area contributed by atoms with E-state index >= 15 is 0 Å². The molecule has 32 heavy (non-hydrogen) atoms. The fourth-order valence-corrected chi connectivity index (χ4v) is 4.32. The summed E-state index contributed by atoms with van der Waals surface area (Å²) >= 11 is 0. The summed E-state index contributed by atoms with van der Waals surface area (Å²) in [6.07, 6.45) is 0. The van der Waals surface area contributed by atoms with Crippen LogP contribution < -0.4 is 0 Å². The van der Waals surface area contributed by atoms with Crippen molar-refractivity contribution in [1.82, 2.24) is 24.7 Å². The molecular weight excluding hydrogens is 402 g/mol. The highest BCUT2D eigenvalue weighted by Gasteiger charge is 2.36. The molecule has 3 aromatic carbocycles. The van der Waals surface area contributed by atoms with Crippen LogP contribution in [0.3, 0.4) is 0 Å². The molecular formula is C25H25N5O2. The summed E-state index contributed by atoms with van der Waals surface area (Å²) < 4.78 is 0. The molecule has 5 rings (SSSR count). The zero-order valence-corrected chi connectivity index (χ0v) is 18.2. The van der Waals surface area contributed by atoms with Gasteiger partial charge in [-0.3, -0.25) is 4.79 Å². The molecule has 0 saturated carbocycles. The number of imidazole rings is 1. The van der Waals surface area contributed by atoms with Crippen molar-refractivity contribution < 1.29 is 9.59 Å². The average molecular weight is 428 g/mol. The van der Waals surface area contributed by atoms with Gasteiger partial charge in [0, 0.05) is 39.3 Å². The van der Waals surface area contributed by atoms with Gasteiger partial charge >= 0.3 is 6.03 Å². The Bertz CT molecular complexity index is 1280. The number of carbonyl (C=O) groups is 2. The Balaban J connectivity index is 1.47. The number of fused-ring (bicyclic) bond motifs is 2. The number of aromatic nitrogens is 2. The molecule has 1 fully saturated rings. The molecule has 0 aliphatic carbocycles. The molecule has 1 saturated heterocycles. The van der Waals surface area contributed by atoms with Crippen LogP contribution in [0.1, 0.15) is 22.2 Å². The van der Waals surface area contributed by atoms with Crippen molar-refractivity contribution in [2.24, 2.45) is 0 Å². The topological polar surface area (TPSA) is 72.5 Å². The van der Waals surface area contributed by atoms with Crippen molar-refractivity contribution in [2.75, 3.05) is 33.7 Å². The van der Waals surface area contributed by atoms with Gasteiger partial charge in [-0.1, -0.05) is 42.5 Å². The lowest BCUT2D eigenvalue weighted by Gasteiger charge is -2.41. The molecule has 1 aromatic heterocycles. The van der Waals surface area contributed by atoms with Crippen LogP contribution in [0.5, 0.6) is 0 Å². The van der Waals surface area contributed by atoms with Gasteiger partial charge in [0.2, 0.25) is 0 Å². The van der Waals surface area contributed by atoms with E-state index in [9.17, 15) is 9.59 Å². The first kappa shape index (κ1) is 20.1. The molecule has 1 atom stereocenters. The number of H-pyrrole nitrogens is 1. The number of piperazine rings is 1. The van der Waals surface area contributed by atoms with Crippen molar-refractivity contribution in [3.05, 3.63) is 78.1 Å². The Morgan fingerprint density at radius 3 is 2.50 bits per heavy atom. The zero-order valence-electron chi connectivity index (χ0n) is 18.2. The summed E-state index contributed by atoms with van der Waals surface area (Å²) in [5, 5.41) is 2.14. The van der Waals surface area contributed by atoms with E-state index in [4.69, 9.17) is 4.98 Å². The molecule has 162 valence electrons. The van der Waals surface area contributed by atoms with Crippen molar-refractivity contribution in [1.29, 1.82) is 0 Å². The number of amides is 3. The van der Waals surface area contributed by atoms with E-state index < -0.39 is 0 Å². The highest BCUT2D eigenvalue weighted by atomic mass is 16.2. The quantitative estimate of drug-likeness (QED) is 0.527. The first-order valence-corrected chi connectivity index (χ1v) is 10.7. The minimum Gasteiger partial charge on any atom is -0.340 e. The van der Waals surface area contributed by atoms with Crippen LogP contribution in [0.25, 0.3) is 21.8 Å². The molecule has 1 N–H and O–H groups in total. The second kappa shape index (κ2) is 8.00. The SMILES string of the molecule is CN(C)C(=O)N1CCN(C(=O)c2ccc3ccccc3c2)CC1c1nc2ccccc2[nH]1. The van der Waals surface area contributed by atoms with Gasteiger partial charge in [0.25, 0.3) is 5.91 Å². The third kappa shape index (κ3) is 3.56. The minimum absolute atomic E-state index is 0.0335. The largest absolute Gasteiger partial charge is 0.340 e. The van der Waals surface area contributed by atoms with Crippen LogP contribution in [-0.4, -0.2) is 70.3 Å². The maximum absolute atomic E-state index is 13.4. The monoisotopic (exact) mass is 427 g/mol. The minimum atomic E-state index is -0.351. The zero-order chi connectivity index (χ0) is 22.2. The van der Waals surface area contributed by atoms with Gasteiger partial charge in [-0.25, -0.2) is 9.78 Å². The normalized spacial score (nSPS) is 16.5. The third-order valence-electron chi connectivity index (χ3n) is 6.02. The van der Waals surface area contributed by atoms with Crippen LogP contribution in [0.15, 0.2) is 66.7 Å². The highest BCUT2D eigenvalue weighted by molar-refractivity contribution is 5.98. The van der Waals surface area contributed by atoms with Gasteiger partial charge in [0.05, 0.1) is 11.0 Å². The maximum Gasteiger partial charge on any atom is 0.320 e. The molecule has 7 nitrogen and oxygen atoms in total. The summed E-state index contributed by atoms with van der Waals surface area (Å²) in [7, 11) is 3.48. The molecule has 0 radical (unpaired) electrons. The van der Waals surface area contributed by atoms with E-state index in [1.807, 2.05) is 71.6 Å². The maximum atomic E-state index is 13.4. The van der Waals surface area contributed by atoms with Crippen LogP contribution in [0.2, 0.25) is 0 Å². The van der Waals surface area contributed by atoms with Gasteiger partial charge in [0.1, 0.15) is 11.9 Å². The lowest BCUT2D eigenvalue weighted by molar-refractivity contribution is 0.0512. The summed E-state index contributed by atoms with van der Waals surface area (Å²) in [5.74, 6) is 0.659. The summed E-state index contributed by atoms with van der Waals surface area (Å²) in [6, 6.07) is 21.1. The van der Waals surface area contributed by atoms with E-state index in [-0.39, 0.29) is 18.0 Å². The molecule has 1 aliphatic heterocycles. The molecule has 2 heterocycles. The fourth-order valence-electron chi connectivity index (χ4n) is 4.32. The average Bonchev–Trinajstić information content (AvgIpc) is 3.26. The molecule has 7 heteroatoms. The fraction of sp³-hybridized carbons (Fsp3) is 0.240. The smallest absolute Gasteiger partial charge is 0.320 e. The number of hydrogen-bond donors (Lipinski definition) is 1. The molecule has 3 amide bonds. The van der Waals surface area contributed by atoms with Gasteiger partial charge in [0.15, 0.2) is 0 Å². The molecule has 4 aromatic rings. The Morgan fingerprint density at radius 1 is 0.969 bits per heavy atom. The summed E-state index contributed by atoms with van der Waals surface area (Å²) in [5.41, 5.74) is 2.41. The number of carbonyl (C=O) groups excluding carboxylic acids is 2. The van der Waals surface area contributed by atoms with Crippen molar-refractivity contribution in [2.45, 2.75) is 6.04 Å². The number of hydrogen-bond acceptors (Lipinski definition) is 3. The van der Waals surface area contributed by atoms with Gasteiger partial charge in [-0.2, -0.15) is 0 Å². The van der Waals surface area contributed by atoms with Gasteiger partial charge < -0.3 is 19.7 Å². The standard InChI is InChI=1S/C25H25N5O2/c1-28(2)25(32)30-14-13-29(16-22(30)23-26-20-9-5-6-10-21(20)27-23)24(31)19-12-11-17-7-3-4-8-18(17)15-19/h3-12,15,22H,13-14,16H2,1-2H3,(H,26,27). The van der Waals surface area contributed by atoms with Gasteiger partial charge in [-0.15, -0.1) is 0 Å². The molecule has 1 unspecified atom stereocenters. The predicted octanol–water partition coefficient (Wildman–Crippen LogP) is 3.90. The Labute approximate surface area is 186 Å². The second-order valence-corrected chi connectivity index (χ2v) is 8.34. The number of nitrogens with one attached hydrogen (secondary N) is 1. The van der Waals surface area contributed by atoms with E-state index in [0.29, 0.717) is 31.0 Å². The number of urea groups is 1. The number of aromatic amines is 1. The number of para-hydroxylation sites is 2. The van der Waals surface area contributed by atoms with Crippen LogP contribution in [0.4, 0.5) is 4.79 Å². The first-order chi connectivity index (χ1) is 15.5. The van der Waals surface area contributed by atoms with Crippen molar-refractivity contribution >= 4 is 33.7 Å². The second-order valence-electron chi connectivity index (χ2n) is 8.34. The Kier molecular flexibility index (Phi) is 5.01. The Hall–Kier alpha value is -3.87. The molecule has 0 spiro atoms. The van der Waals surface area contributed by atoms with Crippen LogP contribution in [-0.2, 0) is 0 Å². The van der Waals surface area contributed by atoms with E-state index in [1.165, 1.54) is 0 Å². The van der Waals surface area contributed by atoms with Crippen LogP contribution >= 0.6 is 0 Å².